The lowest BCUT2D eigenvalue weighted by molar-refractivity contribution is -0.232. The zero-order valence-corrected chi connectivity index (χ0v) is 4.25. The molecular formula is C3H5O2S-. The van der Waals surface area contributed by atoms with Gasteiger partial charge in [0.05, 0.1) is 5.30 Å². The van der Waals surface area contributed by atoms with Crippen molar-refractivity contribution in [2.75, 3.05) is 5.75 Å². The summed E-state index contributed by atoms with van der Waals surface area (Å²) in [5.74, 6) is 0.586. The Bertz CT molecular complexity index is 52.8. The number of carboxylic acid groups (broad SMARTS) is 1. The molecule has 0 aliphatic carbocycles. The number of carbonyl (C=O) groups excluding carboxylic acids is 1. The summed E-state index contributed by atoms with van der Waals surface area (Å²) in [7, 11) is 0. The van der Waals surface area contributed by atoms with Gasteiger partial charge in [-0.15, -0.1) is 11.8 Å². The average Bonchev–Trinajstić information content (AvgIpc) is 1.35. The van der Waals surface area contributed by atoms with Crippen molar-refractivity contribution in [2.45, 2.75) is 6.92 Å². The standard InChI is InChI=1S/C3H6O2S/c1-2-6-3(4)5/h2H2,1H3,(H,4,5)/p-1. The van der Waals surface area contributed by atoms with Crippen molar-refractivity contribution in [3.63, 3.8) is 0 Å². The summed E-state index contributed by atoms with van der Waals surface area (Å²) >= 11 is 0.792. The number of hydrogen-bond acceptors (Lipinski definition) is 3. The van der Waals surface area contributed by atoms with Crippen LogP contribution in [0.1, 0.15) is 6.92 Å². The van der Waals surface area contributed by atoms with Crippen LogP contribution in [0.5, 0.6) is 0 Å². The molecule has 0 bridgehead atoms. The van der Waals surface area contributed by atoms with Crippen LogP contribution in [0.3, 0.4) is 0 Å². The van der Waals surface area contributed by atoms with Gasteiger partial charge in [0.2, 0.25) is 0 Å². The van der Waals surface area contributed by atoms with E-state index < -0.39 is 5.30 Å². The van der Waals surface area contributed by atoms with E-state index in [0.29, 0.717) is 5.75 Å². The molecule has 0 amide bonds. The highest BCUT2D eigenvalue weighted by molar-refractivity contribution is 8.13. The molecule has 0 saturated carbocycles. The fraction of sp³-hybridized carbons (Fsp3) is 0.667. The summed E-state index contributed by atoms with van der Waals surface area (Å²) in [4.78, 5) is 9.45. The van der Waals surface area contributed by atoms with Gasteiger partial charge in [-0.1, -0.05) is 6.92 Å². The topological polar surface area (TPSA) is 40.1 Å². The first kappa shape index (κ1) is 5.82. The van der Waals surface area contributed by atoms with E-state index in [2.05, 4.69) is 0 Å². The summed E-state index contributed by atoms with van der Waals surface area (Å²) in [6.45, 7) is 1.76. The molecule has 0 radical (unpaired) electrons. The summed E-state index contributed by atoms with van der Waals surface area (Å²) in [6.07, 6.45) is 0. The van der Waals surface area contributed by atoms with E-state index in [4.69, 9.17) is 0 Å². The van der Waals surface area contributed by atoms with Gasteiger partial charge < -0.3 is 9.90 Å². The van der Waals surface area contributed by atoms with E-state index >= 15 is 0 Å². The first-order valence-corrected chi connectivity index (χ1v) is 2.59. The fourth-order valence-corrected chi connectivity index (χ4v) is 0.354. The van der Waals surface area contributed by atoms with Crippen molar-refractivity contribution in [3.05, 3.63) is 0 Å². The summed E-state index contributed by atoms with van der Waals surface area (Å²) in [5, 5.41) is 8.41. The van der Waals surface area contributed by atoms with Crippen LogP contribution in [0.4, 0.5) is 4.79 Å². The predicted octanol–water partition coefficient (Wildman–Crippen LogP) is 0.0828. The van der Waals surface area contributed by atoms with Gasteiger partial charge in [0, 0.05) is 0 Å². The molecule has 6 heavy (non-hydrogen) atoms. The fourth-order valence-electron chi connectivity index (χ4n) is 0.118. The minimum Gasteiger partial charge on any atom is -0.538 e. The quantitative estimate of drug-likeness (QED) is 0.474. The number of carbonyl (C=O) groups is 1. The van der Waals surface area contributed by atoms with Crippen LogP contribution < -0.4 is 5.11 Å². The zero-order chi connectivity index (χ0) is 4.99. The Morgan fingerprint density at radius 3 is 2.50 bits per heavy atom. The van der Waals surface area contributed by atoms with Gasteiger partial charge in [-0.2, -0.15) is 0 Å². The van der Waals surface area contributed by atoms with Gasteiger partial charge in [-0.3, -0.25) is 0 Å². The molecule has 0 N–H and O–H groups in total. The van der Waals surface area contributed by atoms with Crippen LogP contribution in [0.25, 0.3) is 0 Å². The number of rotatable bonds is 1. The van der Waals surface area contributed by atoms with Crippen LogP contribution in [-0.4, -0.2) is 11.1 Å². The van der Waals surface area contributed by atoms with Crippen molar-refractivity contribution in [3.8, 4) is 0 Å². The number of hydrogen-bond donors (Lipinski definition) is 0. The highest BCUT2D eigenvalue weighted by Gasteiger charge is 1.75. The summed E-state index contributed by atoms with van der Waals surface area (Å²) in [5.41, 5.74) is 0. The van der Waals surface area contributed by atoms with Crippen LogP contribution in [-0.2, 0) is 0 Å². The molecule has 0 heterocycles. The van der Waals surface area contributed by atoms with Crippen LogP contribution in [0, 0.1) is 0 Å². The molecule has 0 rings (SSSR count). The highest BCUT2D eigenvalue weighted by Crippen LogP contribution is 1.93. The van der Waals surface area contributed by atoms with Gasteiger partial charge >= 0.3 is 0 Å². The van der Waals surface area contributed by atoms with Crippen molar-refractivity contribution >= 4 is 17.1 Å². The van der Waals surface area contributed by atoms with Crippen LogP contribution >= 0.6 is 11.8 Å². The molecule has 3 heteroatoms. The van der Waals surface area contributed by atoms with Gasteiger partial charge in [0.1, 0.15) is 0 Å². The first-order valence-electron chi connectivity index (χ1n) is 1.61. The second-order valence-corrected chi connectivity index (χ2v) is 1.88. The Morgan fingerprint density at radius 1 is 2.00 bits per heavy atom. The molecular weight excluding hydrogens is 100 g/mol. The van der Waals surface area contributed by atoms with Crippen molar-refractivity contribution in [1.82, 2.24) is 0 Å². The zero-order valence-electron chi connectivity index (χ0n) is 3.43. The molecule has 0 saturated heterocycles. The van der Waals surface area contributed by atoms with Gasteiger partial charge in [-0.25, -0.2) is 0 Å². The molecule has 0 atom stereocenters. The molecule has 2 nitrogen and oxygen atoms in total. The maximum absolute atomic E-state index is 9.45. The lowest BCUT2D eigenvalue weighted by atomic mass is 11.0. The molecule has 36 valence electrons. The molecule has 0 aromatic rings. The lowest BCUT2D eigenvalue weighted by Crippen LogP contribution is -2.15. The maximum atomic E-state index is 9.45. The molecule has 0 aromatic heterocycles. The minimum absolute atomic E-state index is 0.586. The smallest absolute Gasteiger partial charge is 0.0980 e. The molecule has 0 aliphatic rings. The number of thioether (sulfide) groups is 1. The Hall–Kier alpha value is -0.180. The van der Waals surface area contributed by atoms with Crippen LogP contribution in [0.15, 0.2) is 0 Å². The third-order valence-electron chi connectivity index (χ3n) is 0.262. The average molecular weight is 105 g/mol. The Balaban J connectivity index is 2.83. The third-order valence-corrected chi connectivity index (χ3v) is 0.787. The molecule has 0 unspecified atom stereocenters. The van der Waals surface area contributed by atoms with E-state index in [-0.39, 0.29) is 0 Å². The molecule has 0 aliphatic heterocycles. The summed E-state index contributed by atoms with van der Waals surface area (Å²) in [6, 6.07) is 0. The van der Waals surface area contributed by atoms with Crippen molar-refractivity contribution in [1.29, 1.82) is 0 Å². The maximum Gasteiger partial charge on any atom is 0.0980 e. The van der Waals surface area contributed by atoms with Gasteiger partial charge in [0.25, 0.3) is 0 Å². The molecule has 0 fully saturated rings. The third kappa shape index (κ3) is 3.82. The van der Waals surface area contributed by atoms with E-state index in [1.54, 1.807) is 6.92 Å². The monoisotopic (exact) mass is 105 g/mol. The highest BCUT2D eigenvalue weighted by atomic mass is 32.2. The Morgan fingerprint density at radius 2 is 2.50 bits per heavy atom. The van der Waals surface area contributed by atoms with Gasteiger partial charge in [-0.05, 0) is 5.75 Å². The largest absolute Gasteiger partial charge is 0.538 e. The normalized spacial score (nSPS) is 8.17. The molecule has 0 aromatic carbocycles. The predicted molar refractivity (Wildman–Crippen MR) is 23.5 cm³/mol. The van der Waals surface area contributed by atoms with Gasteiger partial charge in [0.15, 0.2) is 0 Å². The SMILES string of the molecule is CCSC(=O)[O-]. The van der Waals surface area contributed by atoms with Crippen molar-refractivity contribution in [2.24, 2.45) is 0 Å². The van der Waals surface area contributed by atoms with E-state index in [1.165, 1.54) is 0 Å². The van der Waals surface area contributed by atoms with E-state index in [0.717, 1.165) is 11.8 Å². The minimum atomic E-state index is -1.04. The second-order valence-electron chi connectivity index (χ2n) is 0.683. The molecule has 0 spiro atoms. The summed E-state index contributed by atoms with van der Waals surface area (Å²) < 4.78 is 0. The van der Waals surface area contributed by atoms with Crippen LogP contribution in [0.2, 0.25) is 0 Å². The first-order chi connectivity index (χ1) is 2.77. The van der Waals surface area contributed by atoms with E-state index in [1.807, 2.05) is 0 Å². The second kappa shape index (κ2) is 3.03. The Kier molecular flexibility index (Phi) is 2.94. The Labute approximate surface area is 40.5 Å². The van der Waals surface area contributed by atoms with E-state index in [9.17, 15) is 9.90 Å². The van der Waals surface area contributed by atoms with Crippen molar-refractivity contribution < 1.29 is 9.90 Å². The lowest BCUT2D eigenvalue weighted by Gasteiger charge is -1.92.